The fraction of sp³-hybridized carbons (Fsp3) is 1.00. The predicted molar refractivity (Wildman–Crippen MR) is 86.3 cm³/mol. The van der Waals surface area contributed by atoms with Crippen LogP contribution in [-0.2, 0) is 10.1 Å². The number of aliphatic hydroxyl groups excluding tert-OH is 1. The monoisotopic (exact) mass is 344 g/mol. The molecule has 0 amide bonds. The van der Waals surface area contributed by atoms with Gasteiger partial charge in [-0.1, -0.05) is 71.1 Å². The standard InChI is InChI=1S/C16H34O4S.Na/c1-2-3-4-10-13-16(17)14-11-8-6-5-7-9-12-15-21(18,19)20;/h16-17H,2-15H2,1H3,(H,18,19,20);/q;+1/p-1. The van der Waals surface area contributed by atoms with Crippen LogP contribution in [0.5, 0.6) is 0 Å². The molecule has 0 rings (SSSR count). The van der Waals surface area contributed by atoms with E-state index in [-0.39, 0.29) is 41.4 Å². The van der Waals surface area contributed by atoms with Gasteiger partial charge in [-0.25, -0.2) is 8.42 Å². The minimum absolute atomic E-state index is 0. The van der Waals surface area contributed by atoms with E-state index in [2.05, 4.69) is 6.92 Å². The van der Waals surface area contributed by atoms with Crippen LogP contribution >= 0.6 is 0 Å². The van der Waals surface area contributed by atoms with Crippen molar-refractivity contribution in [3.8, 4) is 0 Å². The molecule has 0 fully saturated rings. The Hall–Kier alpha value is 0.870. The van der Waals surface area contributed by atoms with Crippen molar-refractivity contribution in [1.29, 1.82) is 0 Å². The van der Waals surface area contributed by atoms with Gasteiger partial charge < -0.3 is 9.66 Å². The second-order valence-corrected chi connectivity index (χ2v) is 7.55. The van der Waals surface area contributed by atoms with Crippen LogP contribution in [0.2, 0.25) is 0 Å². The third kappa shape index (κ3) is 20.9. The molecule has 1 N–H and O–H groups in total. The summed E-state index contributed by atoms with van der Waals surface area (Å²) in [7, 11) is -4.02. The summed E-state index contributed by atoms with van der Waals surface area (Å²) in [5, 5.41) is 9.81. The summed E-state index contributed by atoms with van der Waals surface area (Å²) in [4.78, 5) is 0. The Morgan fingerprint density at radius 1 is 0.818 bits per heavy atom. The van der Waals surface area contributed by atoms with Gasteiger partial charge in [0.15, 0.2) is 0 Å². The Labute approximate surface area is 159 Å². The maximum Gasteiger partial charge on any atom is 1.00 e. The van der Waals surface area contributed by atoms with Crippen molar-refractivity contribution in [3.05, 3.63) is 0 Å². The molecule has 0 saturated carbocycles. The summed E-state index contributed by atoms with van der Waals surface area (Å²) in [5.41, 5.74) is 0. The molecule has 0 radical (unpaired) electrons. The zero-order chi connectivity index (χ0) is 16.0. The van der Waals surface area contributed by atoms with Gasteiger partial charge in [0.2, 0.25) is 0 Å². The molecule has 0 saturated heterocycles. The van der Waals surface area contributed by atoms with E-state index in [0.29, 0.717) is 6.42 Å². The Morgan fingerprint density at radius 3 is 1.68 bits per heavy atom. The predicted octanol–water partition coefficient (Wildman–Crippen LogP) is 0.988. The average molecular weight is 344 g/mol. The molecule has 6 heteroatoms. The Balaban J connectivity index is 0. The summed E-state index contributed by atoms with van der Waals surface area (Å²) >= 11 is 0. The second-order valence-electron chi connectivity index (χ2n) is 6.03. The average Bonchev–Trinajstić information content (AvgIpc) is 2.40. The molecule has 1 atom stereocenters. The van der Waals surface area contributed by atoms with Gasteiger partial charge in [0.05, 0.1) is 16.2 Å². The molecular weight excluding hydrogens is 311 g/mol. The van der Waals surface area contributed by atoms with Crippen molar-refractivity contribution < 1.29 is 47.6 Å². The minimum Gasteiger partial charge on any atom is -0.748 e. The van der Waals surface area contributed by atoms with Gasteiger partial charge in [0.25, 0.3) is 0 Å². The maximum atomic E-state index is 10.4. The maximum absolute atomic E-state index is 10.4. The van der Waals surface area contributed by atoms with Gasteiger partial charge in [0, 0.05) is 5.75 Å². The topological polar surface area (TPSA) is 77.4 Å². The summed E-state index contributed by atoms with van der Waals surface area (Å²) in [5.74, 6) is -0.225. The van der Waals surface area contributed by atoms with Crippen molar-refractivity contribution in [2.24, 2.45) is 0 Å². The van der Waals surface area contributed by atoms with Crippen LogP contribution in [0.25, 0.3) is 0 Å². The van der Waals surface area contributed by atoms with Crippen LogP contribution in [0, 0.1) is 0 Å². The van der Waals surface area contributed by atoms with Gasteiger partial charge in [0.1, 0.15) is 0 Å². The molecule has 0 bridgehead atoms. The van der Waals surface area contributed by atoms with Crippen LogP contribution in [0.15, 0.2) is 0 Å². The van der Waals surface area contributed by atoms with Crippen LogP contribution in [0.3, 0.4) is 0 Å². The van der Waals surface area contributed by atoms with Crippen molar-refractivity contribution in [2.45, 2.75) is 96.5 Å². The zero-order valence-electron chi connectivity index (χ0n) is 14.6. The molecule has 22 heavy (non-hydrogen) atoms. The number of unbranched alkanes of at least 4 members (excludes halogenated alkanes) is 9. The summed E-state index contributed by atoms with van der Waals surface area (Å²) in [6.45, 7) is 2.19. The first-order chi connectivity index (χ1) is 9.95. The molecule has 0 aliphatic rings. The van der Waals surface area contributed by atoms with Crippen molar-refractivity contribution in [3.63, 3.8) is 0 Å². The van der Waals surface area contributed by atoms with Crippen LogP contribution in [0.4, 0.5) is 0 Å². The summed E-state index contributed by atoms with van der Waals surface area (Å²) < 4.78 is 31.2. The molecule has 0 aliphatic carbocycles. The van der Waals surface area contributed by atoms with Crippen LogP contribution < -0.4 is 29.6 Å². The number of aliphatic hydroxyl groups is 1. The first kappa shape index (κ1) is 25.1. The third-order valence-corrected chi connectivity index (χ3v) is 4.61. The third-order valence-electron chi connectivity index (χ3n) is 3.82. The molecule has 0 aromatic heterocycles. The zero-order valence-corrected chi connectivity index (χ0v) is 17.4. The number of hydrogen-bond acceptors (Lipinski definition) is 4. The quantitative estimate of drug-likeness (QED) is 0.273. The van der Waals surface area contributed by atoms with Gasteiger partial charge >= 0.3 is 29.6 Å². The fourth-order valence-corrected chi connectivity index (χ4v) is 3.05. The van der Waals surface area contributed by atoms with E-state index >= 15 is 0 Å². The van der Waals surface area contributed by atoms with Crippen molar-refractivity contribution in [1.82, 2.24) is 0 Å². The molecule has 0 aromatic carbocycles. The fourth-order valence-electron chi connectivity index (χ4n) is 2.49. The van der Waals surface area contributed by atoms with Crippen LogP contribution in [-0.4, -0.2) is 29.9 Å². The molecule has 1 unspecified atom stereocenters. The van der Waals surface area contributed by atoms with Crippen molar-refractivity contribution in [2.75, 3.05) is 5.75 Å². The van der Waals surface area contributed by atoms with E-state index in [1.165, 1.54) is 19.3 Å². The van der Waals surface area contributed by atoms with E-state index in [1.807, 2.05) is 0 Å². The summed E-state index contributed by atoms with van der Waals surface area (Å²) in [6, 6.07) is 0. The number of rotatable bonds is 15. The molecule has 4 nitrogen and oxygen atoms in total. The van der Waals surface area contributed by atoms with Gasteiger partial charge in [-0.2, -0.15) is 0 Å². The molecule has 0 aliphatic heterocycles. The van der Waals surface area contributed by atoms with Gasteiger partial charge in [-0.05, 0) is 19.3 Å². The minimum atomic E-state index is -4.02. The largest absolute Gasteiger partial charge is 1.00 e. The van der Waals surface area contributed by atoms with Gasteiger partial charge in [-0.3, -0.25) is 0 Å². The number of hydrogen-bond donors (Lipinski definition) is 1. The smallest absolute Gasteiger partial charge is 0.748 e. The Bertz CT molecular complexity index is 320. The summed E-state index contributed by atoms with van der Waals surface area (Å²) in [6.07, 6.45) is 13.3. The van der Waals surface area contributed by atoms with E-state index in [0.717, 1.165) is 57.8 Å². The van der Waals surface area contributed by atoms with Crippen molar-refractivity contribution >= 4 is 10.1 Å². The Kier molecular flexibility index (Phi) is 19.1. The normalized spacial score (nSPS) is 12.9. The molecule has 0 aromatic rings. The van der Waals surface area contributed by atoms with E-state index in [9.17, 15) is 18.1 Å². The van der Waals surface area contributed by atoms with E-state index in [4.69, 9.17) is 0 Å². The first-order valence-corrected chi connectivity index (χ1v) is 10.1. The van der Waals surface area contributed by atoms with E-state index in [1.54, 1.807) is 0 Å². The molecule has 128 valence electrons. The van der Waals surface area contributed by atoms with Crippen LogP contribution in [0.1, 0.15) is 90.4 Å². The second kappa shape index (κ2) is 16.7. The molecule has 0 heterocycles. The first-order valence-electron chi connectivity index (χ1n) is 8.57. The molecular formula is C16H33NaO4S. The van der Waals surface area contributed by atoms with Gasteiger partial charge in [-0.15, -0.1) is 0 Å². The Morgan fingerprint density at radius 2 is 1.23 bits per heavy atom. The molecule has 0 spiro atoms. The van der Waals surface area contributed by atoms with E-state index < -0.39 is 10.1 Å². The SMILES string of the molecule is CCCCCCC(O)CCCCCCCCCS(=O)(=O)[O-].[Na+].